The fraction of sp³-hybridized carbons (Fsp3) is 0.471. The van der Waals surface area contributed by atoms with E-state index in [0.29, 0.717) is 12.2 Å². The Morgan fingerprint density at radius 3 is 2.57 bits per heavy atom. The van der Waals surface area contributed by atoms with E-state index in [0.717, 1.165) is 19.3 Å². The highest BCUT2D eigenvalue weighted by molar-refractivity contribution is 6.19. The van der Waals surface area contributed by atoms with Gasteiger partial charge in [0.05, 0.1) is 11.8 Å². The van der Waals surface area contributed by atoms with Crippen LogP contribution in [0.4, 0.5) is 10.5 Å². The SMILES string of the molecule is CC(=O)O[C@H](C)CCCCN1CC(=O)N(c2ccccc2)C1=O. The number of imide groups is 1. The summed E-state index contributed by atoms with van der Waals surface area (Å²) in [6.07, 6.45) is 2.23. The lowest BCUT2D eigenvalue weighted by atomic mass is 10.1. The number of benzene rings is 1. The molecule has 0 unspecified atom stereocenters. The summed E-state index contributed by atoms with van der Waals surface area (Å²) in [7, 11) is 0. The van der Waals surface area contributed by atoms with Gasteiger partial charge in [0.25, 0.3) is 5.91 Å². The third-order valence-electron chi connectivity index (χ3n) is 3.71. The zero-order valence-electron chi connectivity index (χ0n) is 13.5. The fourth-order valence-corrected chi connectivity index (χ4v) is 2.63. The van der Waals surface area contributed by atoms with Crippen molar-refractivity contribution in [1.29, 1.82) is 0 Å². The predicted molar refractivity (Wildman–Crippen MR) is 86.0 cm³/mol. The number of rotatable bonds is 7. The van der Waals surface area contributed by atoms with Gasteiger partial charge in [-0.05, 0) is 38.3 Å². The number of carbonyl (C=O) groups excluding carboxylic acids is 3. The van der Waals surface area contributed by atoms with Crippen LogP contribution in [0.2, 0.25) is 0 Å². The Hall–Kier alpha value is -2.37. The molecule has 0 N–H and O–H groups in total. The van der Waals surface area contributed by atoms with Crippen molar-refractivity contribution >= 4 is 23.6 Å². The second-order valence-corrected chi connectivity index (χ2v) is 5.68. The summed E-state index contributed by atoms with van der Waals surface area (Å²) in [4.78, 5) is 38.0. The van der Waals surface area contributed by atoms with Crippen LogP contribution in [-0.4, -0.2) is 42.0 Å². The molecule has 23 heavy (non-hydrogen) atoms. The minimum atomic E-state index is -0.281. The summed E-state index contributed by atoms with van der Waals surface area (Å²) in [5, 5.41) is 0. The molecular formula is C17H22N2O4. The van der Waals surface area contributed by atoms with Crippen LogP contribution in [0.3, 0.4) is 0 Å². The molecule has 1 aromatic rings. The normalized spacial score (nSPS) is 15.9. The predicted octanol–water partition coefficient (Wildman–Crippen LogP) is 2.58. The summed E-state index contributed by atoms with van der Waals surface area (Å²) < 4.78 is 5.05. The highest BCUT2D eigenvalue weighted by atomic mass is 16.5. The van der Waals surface area contributed by atoms with E-state index in [-0.39, 0.29) is 30.6 Å². The Morgan fingerprint density at radius 2 is 1.91 bits per heavy atom. The molecule has 1 heterocycles. The molecule has 0 spiro atoms. The molecule has 1 aliphatic rings. The van der Waals surface area contributed by atoms with E-state index < -0.39 is 0 Å². The molecule has 0 bridgehead atoms. The molecule has 3 amide bonds. The average molecular weight is 318 g/mol. The third kappa shape index (κ3) is 4.55. The topological polar surface area (TPSA) is 66.9 Å². The minimum Gasteiger partial charge on any atom is -0.463 e. The highest BCUT2D eigenvalue weighted by Gasteiger charge is 2.36. The molecule has 6 nitrogen and oxygen atoms in total. The second kappa shape index (κ2) is 7.76. The van der Waals surface area contributed by atoms with Crippen LogP contribution in [0.5, 0.6) is 0 Å². The summed E-state index contributed by atoms with van der Waals surface area (Å²) in [6.45, 7) is 3.89. The number of unbranched alkanes of at least 4 members (excludes halogenated alkanes) is 1. The molecule has 6 heteroatoms. The van der Waals surface area contributed by atoms with Crippen molar-refractivity contribution in [2.45, 2.75) is 39.2 Å². The summed E-state index contributed by atoms with van der Waals surface area (Å²) >= 11 is 0. The Balaban J connectivity index is 1.80. The van der Waals surface area contributed by atoms with Gasteiger partial charge >= 0.3 is 12.0 Å². The van der Waals surface area contributed by atoms with Crippen molar-refractivity contribution in [2.75, 3.05) is 18.0 Å². The Morgan fingerprint density at radius 1 is 1.22 bits per heavy atom. The summed E-state index contributed by atoms with van der Waals surface area (Å²) in [6, 6.07) is 8.68. The standard InChI is InChI=1S/C17H22N2O4/c1-13(23-14(2)20)8-6-7-11-18-12-16(21)19(17(18)22)15-9-4-3-5-10-15/h3-5,9-10,13H,6-8,11-12H2,1-2H3/t13-/m1/s1. The number of nitrogens with zero attached hydrogens (tertiary/aromatic N) is 2. The van der Waals surface area contributed by atoms with Gasteiger partial charge < -0.3 is 9.64 Å². The molecule has 124 valence electrons. The number of anilines is 1. The van der Waals surface area contributed by atoms with Gasteiger partial charge in [-0.3, -0.25) is 9.59 Å². The molecule has 0 radical (unpaired) electrons. The van der Waals surface area contributed by atoms with Crippen LogP contribution in [0.1, 0.15) is 33.1 Å². The van der Waals surface area contributed by atoms with Crippen LogP contribution in [0, 0.1) is 0 Å². The van der Waals surface area contributed by atoms with Gasteiger partial charge in [-0.25, -0.2) is 9.69 Å². The van der Waals surface area contributed by atoms with E-state index >= 15 is 0 Å². The van der Waals surface area contributed by atoms with Gasteiger partial charge in [0.1, 0.15) is 6.54 Å². The van der Waals surface area contributed by atoms with Crippen molar-refractivity contribution in [3.05, 3.63) is 30.3 Å². The largest absolute Gasteiger partial charge is 0.463 e. The number of carbonyl (C=O) groups is 3. The number of esters is 1. The summed E-state index contributed by atoms with van der Waals surface area (Å²) in [5.74, 6) is -0.481. The lowest BCUT2D eigenvalue weighted by Gasteiger charge is -2.17. The molecular weight excluding hydrogens is 296 g/mol. The van der Waals surface area contributed by atoms with E-state index in [9.17, 15) is 14.4 Å². The molecule has 0 aromatic heterocycles. The van der Waals surface area contributed by atoms with E-state index in [1.165, 1.54) is 11.8 Å². The van der Waals surface area contributed by atoms with Crippen LogP contribution < -0.4 is 4.90 Å². The zero-order chi connectivity index (χ0) is 16.8. The van der Waals surface area contributed by atoms with E-state index in [4.69, 9.17) is 4.74 Å². The first kappa shape index (κ1) is 17.0. The molecule has 2 rings (SSSR count). The maximum Gasteiger partial charge on any atom is 0.331 e. The number of hydrogen-bond donors (Lipinski definition) is 0. The van der Waals surface area contributed by atoms with Gasteiger partial charge in [-0.1, -0.05) is 18.2 Å². The lowest BCUT2D eigenvalue weighted by molar-refractivity contribution is -0.145. The van der Waals surface area contributed by atoms with Crippen LogP contribution >= 0.6 is 0 Å². The van der Waals surface area contributed by atoms with Gasteiger partial charge in [0, 0.05) is 13.5 Å². The smallest absolute Gasteiger partial charge is 0.331 e. The number of urea groups is 1. The van der Waals surface area contributed by atoms with Crippen molar-refractivity contribution in [1.82, 2.24) is 4.90 Å². The quantitative estimate of drug-likeness (QED) is 0.440. The first-order valence-electron chi connectivity index (χ1n) is 7.83. The first-order chi connectivity index (χ1) is 11.0. The average Bonchev–Trinajstić information content (AvgIpc) is 2.78. The Bertz CT molecular complexity index is 573. The van der Waals surface area contributed by atoms with Gasteiger partial charge in [0.2, 0.25) is 0 Å². The van der Waals surface area contributed by atoms with Crippen LogP contribution in [0.25, 0.3) is 0 Å². The Labute approximate surface area is 136 Å². The van der Waals surface area contributed by atoms with Crippen molar-refractivity contribution in [3.8, 4) is 0 Å². The maximum atomic E-state index is 12.4. The zero-order valence-corrected chi connectivity index (χ0v) is 13.5. The number of amides is 3. The van der Waals surface area contributed by atoms with Crippen LogP contribution in [-0.2, 0) is 14.3 Å². The van der Waals surface area contributed by atoms with Gasteiger partial charge in [0.15, 0.2) is 0 Å². The van der Waals surface area contributed by atoms with E-state index in [2.05, 4.69) is 0 Å². The third-order valence-corrected chi connectivity index (χ3v) is 3.71. The molecule has 0 saturated carbocycles. The number of ether oxygens (including phenoxy) is 1. The molecule has 1 saturated heterocycles. The minimum absolute atomic E-state index is 0.118. The fourth-order valence-electron chi connectivity index (χ4n) is 2.63. The van der Waals surface area contributed by atoms with Crippen molar-refractivity contribution in [2.24, 2.45) is 0 Å². The number of hydrogen-bond acceptors (Lipinski definition) is 4. The molecule has 1 atom stereocenters. The summed E-state index contributed by atoms with van der Waals surface area (Å²) in [5.41, 5.74) is 0.605. The monoisotopic (exact) mass is 318 g/mol. The number of para-hydroxylation sites is 1. The molecule has 1 aromatic carbocycles. The van der Waals surface area contributed by atoms with E-state index in [1.807, 2.05) is 13.0 Å². The molecule has 1 aliphatic heterocycles. The second-order valence-electron chi connectivity index (χ2n) is 5.68. The molecule has 1 fully saturated rings. The van der Waals surface area contributed by atoms with Crippen molar-refractivity contribution in [3.63, 3.8) is 0 Å². The van der Waals surface area contributed by atoms with Crippen molar-refractivity contribution < 1.29 is 19.1 Å². The van der Waals surface area contributed by atoms with Gasteiger partial charge in [-0.15, -0.1) is 0 Å². The Kier molecular flexibility index (Phi) is 5.73. The van der Waals surface area contributed by atoms with Gasteiger partial charge in [-0.2, -0.15) is 0 Å². The lowest BCUT2D eigenvalue weighted by Crippen LogP contribution is -2.33. The maximum absolute atomic E-state index is 12.4. The van der Waals surface area contributed by atoms with Crippen LogP contribution in [0.15, 0.2) is 30.3 Å². The first-order valence-corrected chi connectivity index (χ1v) is 7.83. The highest BCUT2D eigenvalue weighted by Crippen LogP contribution is 2.21. The van der Waals surface area contributed by atoms with E-state index in [1.54, 1.807) is 29.2 Å². The molecule has 0 aliphatic carbocycles.